The summed E-state index contributed by atoms with van der Waals surface area (Å²) in [6.45, 7) is 2.11. The summed E-state index contributed by atoms with van der Waals surface area (Å²) in [6, 6.07) is 6.42. The number of rotatable bonds is 2. The highest BCUT2D eigenvalue weighted by atomic mass is 35.5. The Kier molecular flexibility index (Phi) is 2.17. The summed E-state index contributed by atoms with van der Waals surface area (Å²) in [4.78, 5) is 0. The Labute approximate surface area is 95.4 Å². The first-order valence-corrected chi connectivity index (χ1v) is 6.11. The maximum absolute atomic E-state index is 6.40. The molecular formula is C13H15ClO. The molecular weight excluding hydrogens is 208 g/mol. The molecule has 1 aromatic rings. The summed E-state index contributed by atoms with van der Waals surface area (Å²) in [7, 11) is 0. The monoisotopic (exact) mass is 222 g/mol. The van der Waals surface area contributed by atoms with E-state index < -0.39 is 0 Å². The lowest BCUT2D eigenvalue weighted by Gasteiger charge is -2.09. The van der Waals surface area contributed by atoms with Crippen LogP contribution in [-0.4, -0.2) is 6.10 Å². The molecule has 0 saturated heterocycles. The van der Waals surface area contributed by atoms with E-state index >= 15 is 0 Å². The second-order valence-corrected chi connectivity index (χ2v) is 5.21. The lowest BCUT2D eigenvalue weighted by molar-refractivity contribution is 0.254. The molecule has 2 heteroatoms. The average molecular weight is 223 g/mol. The zero-order chi connectivity index (χ0) is 10.4. The van der Waals surface area contributed by atoms with Gasteiger partial charge in [0.25, 0.3) is 0 Å². The quantitative estimate of drug-likeness (QED) is 0.694. The van der Waals surface area contributed by atoms with Gasteiger partial charge < -0.3 is 4.74 Å². The van der Waals surface area contributed by atoms with Crippen molar-refractivity contribution in [1.82, 2.24) is 0 Å². The molecule has 2 aliphatic rings. The average Bonchev–Trinajstić information content (AvgIpc) is 2.98. The van der Waals surface area contributed by atoms with E-state index in [0.717, 1.165) is 12.2 Å². The van der Waals surface area contributed by atoms with Crippen LogP contribution in [0.15, 0.2) is 18.2 Å². The van der Waals surface area contributed by atoms with Gasteiger partial charge in [0.2, 0.25) is 0 Å². The van der Waals surface area contributed by atoms with Gasteiger partial charge in [0.15, 0.2) is 0 Å². The second kappa shape index (κ2) is 3.41. The van der Waals surface area contributed by atoms with E-state index in [-0.39, 0.29) is 5.38 Å². The molecule has 1 fully saturated rings. The van der Waals surface area contributed by atoms with Gasteiger partial charge in [-0.05, 0) is 42.9 Å². The number of fused-ring (bicyclic) bond motifs is 1. The molecule has 1 aromatic carbocycles. The molecule has 1 aliphatic carbocycles. The first kappa shape index (κ1) is 9.53. The van der Waals surface area contributed by atoms with Gasteiger partial charge in [-0.2, -0.15) is 0 Å². The first-order valence-electron chi connectivity index (χ1n) is 5.67. The Hall–Kier alpha value is -0.690. The zero-order valence-corrected chi connectivity index (χ0v) is 9.63. The summed E-state index contributed by atoms with van der Waals surface area (Å²) in [5.74, 6) is 1.76. The lowest BCUT2D eigenvalue weighted by Crippen LogP contribution is -2.05. The molecule has 0 radical (unpaired) electrons. The standard InChI is InChI=1S/C13H15ClO/c1-8-6-11-7-10(4-5-12(11)15-8)13(14)9-2-3-9/h4-5,7-9,13H,2-3,6H2,1H3. The van der Waals surface area contributed by atoms with Gasteiger partial charge in [0.05, 0.1) is 5.38 Å². The van der Waals surface area contributed by atoms with Crippen LogP contribution in [0.5, 0.6) is 5.75 Å². The molecule has 0 spiro atoms. The van der Waals surface area contributed by atoms with Crippen molar-refractivity contribution in [2.24, 2.45) is 5.92 Å². The third-order valence-electron chi connectivity index (χ3n) is 3.27. The zero-order valence-electron chi connectivity index (χ0n) is 8.87. The fourth-order valence-corrected chi connectivity index (χ4v) is 2.66. The molecule has 0 aromatic heterocycles. The van der Waals surface area contributed by atoms with E-state index in [1.807, 2.05) is 0 Å². The van der Waals surface area contributed by atoms with Gasteiger partial charge in [0, 0.05) is 6.42 Å². The SMILES string of the molecule is CC1Cc2cc(C(Cl)C3CC3)ccc2O1. The number of ether oxygens (including phenoxy) is 1. The Bertz CT molecular complexity index is 384. The number of hydrogen-bond acceptors (Lipinski definition) is 1. The van der Waals surface area contributed by atoms with Crippen molar-refractivity contribution in [3.63, 3.8) is 0 Å². The fraction of sp³-hybridized carbons (Fsp3) is 0.538. The van der Waals surface area contributed by atoms with Crippen LogP contribution in [-0.2, 0) is 6.42 Å². The molecule has 0 N–H and O–H groups in total. The highest BCUT2D eigenvalue weighted by molar-refractivity contribution is 6.21. The van der Waals surface area contributed by atoms with Crippen LogP contribution in [0.3, 0.4) is 0 Å². The molecule has 1 nitrogen and oxygen atoms in total. The molecule has 3 rings (SSSR count). The summed E-state index contributed by atoms with van der Waals surface area (Å²) in [5.41, 5.74) is 2.60. The lowest BCUT2D eigenvalue weighted by atomic mass is 10.0. The minimum absolute atomic E-state index is 0.214. The van der Waals surface area contributed by atoms with E-state index in [4.69, 9.17) is 16.3 Å². The van der Waals surface area contributed by atoms with Crippen LogP contribution in [0.4, 0.5) is 0 Å². The Morgan fingerprint density at radius 2 is 2.20 bits per heavy atom. The maximum atomic E-state index is 6.40. The van der Waals surface area contributed by atoms with Crippen molar-refractivity contribution in [2.45, 2.75) is 37.7 Å². The second-order valence-electron chi connectivity index (χ2n) is 4.74. The van der Waals surface area contributed by atoms with Gasteiger partial charge in [0.1, 0.15) is 11.9 Å². The number of hydrogen-bond donors (Lipinski definition) is 0. The fourth-order valence-electron chi connectivity index (χ4n) is 2.27. The van der Waals surface area contributed by atoms with Crippen LogP contribution < -0.4 is 4.74 Å². The van der Waals surface area contributed by atoms with Gasteiger partial charge in [-0.25, -0.2) is 0 Å². The van der Waals surface area contributed by atoms with Gasteiger partial charge in [-0.1, -0.05) is 12.1 Å². The van der Waals surface area contributed by atoms with E-state index in [1.54, 1.807) is 0 Å². The summed E-state index contributed by atoms with van der Waals surface area (Å²) >= 11 is 6.40. The first-order chi connectivity index (χ1) is 7.24. The van der Waals surface area contributed by atoms with Crippen LogP contribution in [0, 0.1) is 5.92 Å². The van der Waals surface area contributed by atoms with Crippen LogP contribution in [0.2, 0.25) is 0 Å². The molecule has 0 bridgehead atoms. The largest absolute Gasteiger partial charge is 0.490 e. The molecule has 1 saturated carbocycles. The Morgan fingerprint density at radius 1 is 1.40 bits per heavy atom. The molecule has 15 heavy (non-hydrogen) atoms. The van der Waals surface area contributed by atoms with Crippen LogP contribution in [0.1, 0.15) is 36.3 Å². The Morgan fingerprint density at radius 3 is 2.93 bits per heavy atom. The van der Waals surface area contributed by atoms with E-state index in [9.17, 15) is 0 Å². The summed E-state index contributed by atoms with van der Waals surface area (Å²) in [5, 5.41) is 0.214. The molecule has 2 atom stereocenters. The Balaban J connectivity index is 1.89. The smallest absolute Gasteiger partial charge is 0.123 e. The van der Waals surface area contributed by atoms with Crippen LogP contribution >= 0.6 is 11.6 Å². The van der Waals surface area contributed by atoms with E-state index in [0.29, 0.717) is 12.0 Å². The predicted molar refractivity (Wildman–Crippen MR) is 61.6 cm³/mol. The van der Waals surface area contributed by atoms with Crippen LogP contribution in [0.25, 0.3) is 0 Å². The van der Waals surface area contributed by atoms with Crippen molar-refractivity contribution in [3.05, 3.63) is 29.3 Å². The van der Waals surface area contributed by atoms with Crippen molar-refractivity contribution in [3.8, 4) is 5.75 Å². The molecule has 0 amide bonds. The van der Waals surface area contributed by atoms with E-state index in [2.05, 4.69) is 25.1 Å². The highest BCUT2D eigenvalue weighted by Gasteiger charge is 2.31. The predicted octanol–water partition coefficient (Wildman–Crippen LogP) is 3.70. The molecule has 2 unspecified atom stereocenters. The van der Waals surface area contributed by atoms with E-state index in [1.165, 1.54) is 24.0 Å². The third kappa shape index (κ3) is 1.74. The number of halogens is 1. The summed E-state index contributed by atoms with van der Waals surface area (Å²) in [6.07, 6.45) is 3.93. The highest BCUT2D eigenvalue weighted by Crippen LogP contribution is 2.46. The van der Waals surface area contributed by atoms with Crippen molar-refractivity contribution in [1.29, 1.82) is 0 Å². The minimum atomic E-state index is 0.214. The molecule has 1 aliphatic heterocycles. The van der Waals surface area contributed by atoms with Crippen molar-refractivity contribution < 1.29 is 4.74 Å². The minimum Gasteiger partial charge on any atom is -0.490 e. The number of benzene rings is 1. The molecule has 80 valence electrons. The van der Waals surface area contributed by atoms with Gasteiger partial charge in [-0.15, -0.1) is 11.6 Å². The normalized spacial score (nSPS) is 25.9. The topological polar surface area (TPSA) is 9.23 Å². The summed E-state index contributed by atoms with van der Waals surface area (Å²) < 4.78 is 5.67. The van der Waals surface area contributed by atoms with Crippen molar-refractivity contribution in [2.75, 3.05) is 0 Å². The number of alkyl halides is 1. The van der Waals surface area contributed by atoms with Gasteiger partial charge >= 0.3 is 0 Å². The molecule has 1 heterocycles. The maximum Gasteiger partial charge on any atom is 0.123 e. The van der Waals surface area contributed by atoms with Gasteiger partial charge in [-0.3, -0.25) is 0 Å². The van der Waals surface area contributed by atoms with Crippen molar-refractivity contribution >= 4 is 11.6 Å². The third-order valence-corrected chi connectivity index (χ3v) is 3.88.